The van der Waals surface area contributed by atoms with Gasteiger partial charge in [0.1, 0.15) is 5.75 Å². The number of carbonyl (C=O) groups is 1. The van der Waals surface area contributed by atoms with Crippen LogP contribution < -0.4 is 5.73 Å². The Morgan fingerprint density at radius 1 is 1.29 bits per heavy atom. The first-order valence-corrected chi connectivity index (χ1v) is 8.78. The van der Waals surface area contributed by atoms with Gasteiger partial charge in [-0.15, -0.1) is 0 Å². The molecule has 0 fully saturated rings. The molecule has 0 aliphatic carbocycles. The fourth-order valence-electron chi connectivity index (χ4n) is 1.78. The van der Waals surface area contributed by atoms with E-state index in [4.69, 9.17) is 10.5 Å². The van der Waals surface area contributed by atoms with Crippen molar-refractivity contribution in [2.45, 2.75) is 32.6 Å². The Labute approximate surface area is 126 Å². The van der Waals surface area contributed by atoms with Gasteiger partial charge in [0.25, 0.3) is 0 Å². The standard InChI is InChI=1S/C15H23NO4S/c1-12(2)6-7-20-15(17)11-21(18,19)10-14-5-3-4-13(8-14)9-16/h3-5,8,12H,6-7,9-11,16H2,1-2H3. The summed E-state index contributed by atoms with van der Waals surface area (Å²) in [5.74, 6) is -1.04. The molecule has 0 bridgehead atoms. The van der Waals surface area contributed by atoms with Crippen molar-refractivity contribution in [3.63, 3.8) is 0 Å². The normalized spacial score (nSPS) is 11.6. The summed E-state index contributed by atoms with van der Waals surface area (Å²) in [5, 5.41) is 0. The Morgan fingerprint density at radius 3 is 2.57 bits per heavy atom. The van der Waals surface area contributed by atoms with Gasteiger partial charge in [-0.2, -0.15) is 0 Å². The summed E-state index contributed by atoms with van der Waals surface area (Å²) in [7, 11) is -3.52. The first-order chi connectivity index (χ1) is 9.82. The number of rotatable bonds is 8. The van der Waals surface area contributed by atoms with Crippen molar-refractivity contribution in [2.75, 3.05) is 12.4 Å². The van der Waals surface area contributed by atoms with E-state index in [0.29, 0.717) is 18.0 Å². The Balaban J connectivity index is 2.54. The van der Waals surface area contributed by atoms with E-state index < -0.39 is 21.6 Å². The lowest BCUT2D eigenvalue weighted by Gasteiger charge is -2.08. The van der Waals surface area contributed by atoms with Crippen LogP contribution in [0.1, 0.15) is 31.4 Å². The van der Waals surface area contributed by atoms with Gasteiger partial charge >= 0.3 is 5.97 Å². The lowest BCUT2D eigenvalue weighted by Crippen LogP contribution is -2.20. The minimum absolute atomic E-state index is 0.180. The lowest BCUT2D eigenvalue weighted by molar-refractivity contribution is -0.140. The Kier molecular flexibility index (Phi) is 6.84. The maximum absolute atomic E-state index is 12.0. The fourth-order valence-corrected chi connectivity index (χ4v) is 3.01. The highest BCUT2D eigenvalue weighted by Gasteiger charge is 2.18. The van der Waals surface area contributed by atoms with Gasteiger partial charge in [-0.25, -0.2) is 8.42 Å². The monoisotopic (exact) mass is 313 g/mol. The van der Waals surface area contributed by atoms with Crippen LogP contribution in [0, 0.1) is 5.92 Å². The quantitative estimate of drug-likeness (QED) is 0.737. The molecule has 0 amide bonds. The molecule has 0 aromatic heterocycles. The summed E-state index contributed by atoms with van der Waals surface area (Å²) < 4.78 is 28.9. The molecule has 0 atom stereocenters. The molecule has 1 aromatic rings. The van der Waals surface area contributed by atoms with Gasteiger partial charge in [0, 0.05) is 6.54 Å². The molecule has 5 nitrogen and oxygen atoms in total. The average Bonchev–Trinajstić information content (AvgIpc) is 2.37. The summed E-state index contributed by atoms with van der Waals surface area (Å²) in [5.41, 5.74) is 7.01. The number of hydrogen-bond acceptors (Lipinski definition) is 5. The first kappa shape index (κ1) is 17.7. The van der Waals surface area contributed by atoms with Crippen molar-refractivity contribution in [1.29, 1.82) is 0 Å². The molecule has 0 saturated carbocycles. The smallest absolute Gasteiger partial charge is 0.321 e. The third kappa shape index (κ3) is 7.24. The first-order valence-electron chi connectivity index (χ1n) is 6.96. The van der Waals surface area contributed by atoms with Crippen LogP contribution in [-0.2, 0) is 31.7 Å². The second-order valence-electron chi connectivity index (χ2n) is 5.46. The maximum Gasteiger partial charge on any atom is 0.321 e. The van der Waals surface area contributed by atoms with Crippen molar-refractivity contribution in [3.05, 3.63) is 35.4 Å². The van der Waals surface area contributed by atoms with Gasteiger partial charge in [0.05, 0.1) is 12.4 Å². The number of benzene rings is 1. The minimum atomic E-state index is -3.52. The minimum Gasteiger partial charge on any atom is -0.465 e. The van der Waals surface area contributed by atoms with Gasteiger partial charge in [0.2, 0.25) is 0 Å². The Bertz CT molecular complexity index is 567. The van der Waals surface area contributed by atoms with E-state index in [2.05, 4.69) is 0 Å². The van der Waals surface area contributed by atoms with E-state index in [-0.39, 0.29) is 12.4 Å². The van der Waals surface area contributed by atoms with Crippen LogP contribution in [0.5, 0.6) is 0 Å². The molecule has 1 rings (SSSR count). The predicted molar refractivity (Wildman–Crippen MR) is 82.2 cm³/mol. The van der Waals surface area contributed by atoms with Gasteiger partial charge in [-0.3, -0.25) is 4.79 Å². The molecule has 2 N–H and O–H groups in total. The number of sulfone groups is 1. The van der Waals surface area contributed by atoms with Crippen molar-refractivity contribution < 1.29 is 17.9 Å². The van der Waals surface area contributed by atoms with Crippen LogP contribution in [-0.4, -0.2) is 26.7 Å². The van der Waals surface area contributed by atoms with E-state index in [1.54, 1.807) is 18.2 Å². The maximum atomic E-state index is 12.0. The highest BCUT2D eigenvalue weighted by molar-refractivity contribution is 7.91. The van der Waals surface area contributed by atoms with Crippen LogP contribution in [0.15, 0.2) is 24.3 Å². The second kappa shape index (κ2) is 8.14. The summed E-state index contributed by atoms with van der Waals surface area (Å²) in [6.07, 6.45) is 0.727. The van der Waals surface area contributed by atoms with Crippen molar-refractivity contribution in [1.82, 2.24) is 0 Å². The largest absolute Gasteiger partial charge is 0.465 e. The average molecular weight is 313 g/mol. The zero-order chi connectivity index (χ0) is 15.9. The number of carbonyl (C=O) groups excluding carboxylic acids is 1. The summed E-state index contributed by atoms with van der Waals surface area (Å²) in [6, 6.07) is 7.03. The second-order valence-corrected chi connectivity index (χ2v) is 7.52. The SMILES string of the molecule is CC(C)CCOC(=O)CS(=O)(=O)Cc1cccc(CN)c1. The molecule has 0 spiro atoms. The number of esters is 1. The van der Waals surface area contributed by atoms with E-state index in [1.165, 1.54) is 0 Å². The van der Waals surface area contributed by atoms with E-state index in [0.717, 1.165) is 12.0 Å². The van der Waals surface area contributed by atoms with Crippen LogP contribution in [0.2, 0.25) is 0 Å². The molecular weight excluding hydrogens is 290 g/mol. The number of hydrogen-bond donors (Lipinski definition) is 1. The topological polar surface area (TPSA) is 86.5 Å². The molecule has 21 heavy (non-hydrogen) atoms. The van der Waals surface area contributed by atoms with Crippen molar-refractivity contribution >= 4 is 15.8 Å². The predicted octanol–water partition coefficient (Wildman–Crippen LogP) is 1.65. The van der Waals surface area contributed by atoms with E-state index >= 15 is 0 Å². The Hall–Kier alpha value is -1.40. The highest BCUT2D eigenvalue weighted by atomic mass is 32.2. The third-order valence-corrected chi connectivity index (χ3v) is 4.36. The summed E-state index contributed by atoms with van der Waals surface area (Å²) in [4.78, 5) is 11.5. The molecule has 0 aliphatic heterocycles. The van der Waals surface area contributed by atoms with Crippen LogP contribution in [0.4, 0.5) is 0 Å². The third-order valence-electron chi connectivity index (χ3n) is 2.91. The molecular formula is C15H23NO4S. The van der Waals surface area contributed by atoms with E-state index in [9.17, 15) is 13.2 Å². The fraction of sp³-hybridized carbons (Fsp3) is 0.533. The molecule has 6 heteroatoms. The zero-order valence-electron chi connectivity index (χ0n) is 12.5. The molecule has 0 unspecified atom stereocenters. The van der Waals surface area contributed by atoms with Crippen LogP contribution in [0.3, 0.4) is 0 Å². The van der Waals surface area contributed by atoms with Gasteiger partial charge in [-0.05, 0) is 23.5 Å². The van der Waals surface area contributed by atoms with Crippen LogP contribution >= 0.6 is 0 Å². The Morgan fingerprint density at radius 2 is 1.95 bits per heavy atom. The summed E-state index contributed by atoms with van der Waals surface area (Å²) >= 11 is 0. The van der Waals surface area contributed by atoms with Gasteiger partial charge in [0.15, 0.2) is 9.84 Å². The molecule has 1 aromatic carbocycles. The molecule has 0 radical (unpaired) electrons. The van der Waals surface area contributed by atoms with Gasteiger partial charge in [-0.1, -0.05) is 38.1 Å². The van der Waals surface area contributed by atoms with Gasteiger partial charge < -0.3 is 10.5 Å². The molecule has 0 aliphatic rings. The molecule has 0 saturated heterocycles. The number of ether oxygens (including phenoxy) is 1. The number of nitrogens with two attached hydrogens (primary N) is 1. The molecule has 0 heterocycles. The highest BCUT2D eigenvalue weighted by Crippen LogP contribution is 2.10. The van der Waals surface area contributed by atoms with Crippen molar-refractivity contribution in [2.24, 2.45) is 11.7 Å². The zero-order valence-corrected chi connectivity index (χ0v) is 13.4. The van der Waals surface area contributed by atoms with Crippen LogP contribution in [0.25, 0.3) is 0 Å². The van der Waals surface area contributed by atoms with E-state index in [1.807, 2.05) is 19.9 Å². The van der Waals surface area contributed by atoms with Crippen molar-refractivity contribution in [3.8, 4) is 0 Å². The summed E-state index contributed by atoms with van der Waals surface area (Å²) in [6.45, 7) is 4.63. The molecule has 118 valence electrons. The lowest BCUT2D eigenvalue weighted by atomic mass is 10.1.